The van der Waals surface area contributed by atoms with E-state index < -0.39 is 0 Å². The largest absolute Gasteiger partial charge is 0.494 e. The van der Waals surface area contributed by atoms with Gasteiger partial charge in [0.05, 0.1) is 13.2 Å². The van der Waals surface area contributed by atoms with Gasteiger partial charge in [0.25, 0.3) is 5.91 Å². The first-order chi connectivity index (χ1) is 12.1. The fraction of sp³-hybridized carbons (Fsp3) is 0.200. The van der Waals surface area contributed by atoms with Crippen molar-refractivity contribution in [3.05, 3.63) is 77.5 Å². The lowest BCUT2D eigenvalue weighted by Crippen LogP contribution is -2.12. The fourth-order valence-electron chi connectivity index (χ4n) is 2.57. The maximum absolute atomic E-state index is 12.3. The van der Waals surface area contributed by atoms with Crippen LogP contribution < -0.4 is 10.1 Å². The Morgan fingerprint density at radius 1 is 1.16 bits per heavy atom. The van der Waals surface area contributed by atoms with Gasteiger partial charge in [-0.1, -0.05) is 29.8 Å². The quantitative estimate of drug-likeness (QED) is 0.743. The molecular formula is C20H21N3O2. The Kier molecular flexibility index (Phi) is 5.14. The van der Waals surface area contributed by atoms with Crippen molar-refractivity contribution in [2.24, 2.45) is 0 Å². The molecular weight excluding hydrogens is 314 g/mol. The molecule has 0 bridgehead atoms. The molecule has 0 aliphatic rings. The highest BCUT2D eigenvalue weighted by molar-refractivity contribution is 6.03. The monoisotopic (exact) mass is 335 g/mol. The van der Waals surface area contributed by atoms with Crippen LogP contribution in [0.5, 0.6) is 5.75 Å². The van der Waals surface area contributed by atoms with Gasteiger partial charge < -0.3 is 10.1 Å². The smallest absolute Gasteiger partial charge is 0.256 e. The van der Waals surface area contributed by atoms with Gasteiger partial charge in [-0.3, -0.25) is 9.48 Å². The molecule has 25 heavy (non-hydrogen) atoms. The SMILES string of the molecule is CCOc1ccc(C(=O)Nc2ccn(Cc3cccc(C)c3)n2)cc1. The molecule has 0 saturated heterocycles. The molecule has 0 saturated carbocycles. The van der Waals surface area contributed by atoms with Crippen molar-refractivity contribution in [3.63, 3.8) is 0 Å². The molecule has 128 valence electrons. The van der Waals surface area contributed by atoms with Crippen LogP contribution in [-0.2, 0) is 6.54 Å². The van der Waals surface area contributed by atoms with Crippen LogP contribution in [0.4, 0.5) is 5.82 Å². The van der Waals surface area contributed by atoms with Crippen molar-refractivity contribution in [2.75, 3.05) is 11.9 Å². The molecule has 5 nitrogen and oxygen atoms in total. The number of nitrogens with zero attached hydrogens (tertiary/aromatic N) is 2. The Morgan fingerprint density at radius 2 is 1.96 bits per heavy atom. The van der Waals surface area contributed by atoms with Gasteiger partial charge in [0, 0.05) is 17.8 Å². The molecule has 0 fully saturated rings. The molecule has 0 unspecified atom stereocenters. The maximum Gasteiger partial charge on any atom is 0.256 e. The molecule has 0 aliphatic heterocycles. The number of carbonyl (C=O) groups is 1. The molecule has 0 spiro atoms. The first-order valence-corrected chi connectivity index (χ1v) is 8.27. The summed E-state index contributed by atoms with van der Waals surface area (Å²) in [5.74, 6) is 1.09. The van der Waals surface area contributed by atoms with Gasteiger partial charge in [0.2, 0.25) is 0 Å². The Morgan fingerprint density at radius 3 is 2.68 bits per heavy atom. The number of rotatable bonds is 6. The maximum atomic E-state index is 12.3. The average Bonchev–Trinajstić information content (AvgIpc) is 3.02. The summed E-state index contributed by atoms with van der Waals surface area (Å²) in [7, 11) is 0. The minimum atomic E-state index is -0.191. The number of hydrogen-bond acceptors (Lipinski definition) is 3. The minimum absolute atomic E-state index is 0.191. The Balaban J connectivity index is 1.63. The molecule has 2 aromatic carbocycles. The lowest BCUT2D eigenvalue weighted by molar-refractivity contribution is 0.102. The van der Waals surface area contributed by atoms with Crippen molar-refractivity contribution in [2.45, 2.75) is 20.4 Å². The zero-order valence-corrected chi connectivity index (χ0v) is 14.4. The Labute approximate surface area is 147 Å². The van der Waals surface area contributed by atoms with Crippen LogP contribution in [0.25, 0.3) is 0 Å². The number of carbonyl (C=O) groups excluding carboxylic acids is 1. The van der Waals surface area contributed by atoms with Crippen LogP contribution in [0.1, 0.15) is 28.4 Å². The summed E-state index contributed by atoms with van der Waals surface area (Å²) in [6.07, 6.45) is 1.86. The van der Waals surface area contributed by atoms with Gasteiger partial charge in [-0.2, -0.15) is 5.10 Å². The predicted octanol–water partition coefficient (Wildman–Crippen LogP) is 3.89. The summed E-state index contributed by atoms with van der Waals surface area (Å²) < 4.78 is 7.19. The second kappa shape index (κ2) is 7.66. The van der Waals surface area contributed by atoms with E-state index in [9.17, 15) is 4.79 Å². The van der Waals surface area contributed by atoms with Crippen LogP contribution in [-0.4, -0.2) is 22.3 Å². The van der Waals surface area contributed by atoms with Gasteiger partial charge in [0.1, 0.15) is 5.75 Å². The van der Waals surface area contributed by atoms with Crippen molar-refractivity contribution < 1.29 is 9.53 Å². The number of ether oxygens (including phenoxy) is 1. The van der Waals surface area contributed by atoms with E-state index in [0.717, 1.165) is 5.75 Å². The fourth-order valence-corrected chi connectivity index (χ4v) is 2.57. The number of amides is 1. The highest BCUT2D eigenvalue weighted by atomic mass is 16.5. The summed E-state index contributed by atoms with van der Waals surface area (Å²) in [5.41, 5.74) is 2.96. The summed E-state index contributed by atoms with van der Waals surface area (Å²) in [5, 5.41) is 7.22. The zero-order chi connectivity index (χ0) is 17.6. The van der Waals surface area contributed by atoms with Gasteiger partial charge in [0.15, 0.2) is 5.82 Å². The molecule has 3 rings (SSSR count). The van der Waals surface area contributed by atoms with Gasteiger partial charge in [-0.25, -0.2) is 0 Å². The average molecular weight is 335 g/mol. The first kappa shape index (κ1) is 16.8. The van der Waals surface area contributed by atoms with Crippen molar-refractivity contribution in [1.82, 2.24) is 9.78 Å². The van der Waals surface area contributed by atoms with Crippen molar-refractivity contribution >= 4 is 11.7 Å². The molecule has 0 radical (unpaired) electrons. The Bertz CT molecular complexity index is 853. The number of nitrogens with one attached hydrogen (secondary N) is 1. The van der Waals surface area contributed by atoms with Crippen LogP contribution in [0.15, 0.2) is 60.8 Å². The van der Waals surface area contributed by atoms with Crippen molar-refractivity contribution in [3.8, 4) is 5.75 Å². The molecule has 1 aromatic heterocycles. The summed E-state index contributed by atoms with van der Waals surface area (Å²) in [6, 6.07) is 17.1. The number of hydrogen-bond donors (Lipinski definition) is 1. The van der Waals surface area contributed by atoms with Gasteiger partial charge in [-0.15, -0.1) is 0 Å². The second-order valence-electron chi connectivity index (χ2n) is 5.80. The number of anilines is 1. The van der Waals surface area contributed by atoms with Crippen LogP contribution in [0, 0.1) is 6.92 Å². The Hall–Kier alpha value is -3.08. The van der Waals surface area contributed by atoms with E-state index in [1.54, 1.807) is 30.3 Å². The third-order valence-corrected chi connectivity index (χ3v) is 3.74. The van der Waals surface area contributed by atoms with E-state index in [4.69, 9.17) is 4.74 Å². The standard InChI is InChI=1S/C20H21N3O2/c1-3-25-18-9-7-17(8-10-18)20(24)21-19-11-12-23(22-19)14-16-6-4-5-15(2)13-16/h4-13H,3,14H2,1-2H3,(H,21,22,24). The van der Waals surface area contributed by atoms with E-state index in [-0.39, 0.29) is 5.91 Å². The first-order valence-electron chi connectivity index (χ1n) is 8.27. The summed E-state index contributed by atoms with van der Waals surface area (Å²) >= 11 is 0. The van der Waals surface area contributed by atoms with Crippen LogP contribution >= 0.6 is 0 Å². The molecule has 1 heterocycles. The normalized spacial score (nSPS) is 10.5. The number of aromatic nitrogens is 2. The number of aryl methyl sites for hydroxylation is 1. The number of benzene rings is 2. The van der Waals surface area contributed by atoms with Crippen LogP contribution in [0.2, 0.25) is 0 Å². The lowest BCUT2D eigenvalue weighted by atomic mass is 10.1. The molecule has 3 aromatic rings. The van der Waals surface area contributed by atoms with Gasteiger partial charge >= 0.3 is 0 Å². The molecule has 0 aliphatic carbocycles. The summed E-state index contributed by atoms with van der Waals surface area (Å²) in [6.45, 7) is 5.26. The van der Waals surface area contributed by atoms with E-state index in [0.29, 0.717) is 24.5 Å². The van der Waals surface area contributed by atoms with E-state index >= 15 is 0 Å². The molecule has 0 atom stereocenters. The third kappa shape index (κ3) is 4.47. The highest BCUT2D eigenvalue weighted by Crippen LogP contribution is 2.14. The predicted molar refractivity (Wildman–Crippen MR) is 98.1 cm³/mol. The van der Waals surface area contributed by atoms with E-state index in [1.165, 1.54) is 11.1 Å². The molecule has 5 heteroatoms. The van der Waals surface area contributed by atoms with Crippen molar-refractivity contribution in [1.29, 1.82) is 0 Å². The lowest BCUT2D eigenvalue weighted by Gasteiger charge is -2.05. The second-order valence-corrected chi connectivity index (χ2v) is 5.80. The zero-order valence-electron chi connectivity index (χ0n) is 14.4. The molecule has 1 amide bonds. The minimum Gasteiger partial charge on any atom is -0.494 e. The summed E-state index contributed by atoms with van der Waals surface area (Å²) in [4.78, 5) is 12.3. The van der Waals surface area contributed by atoms with E-state index in [1.807, 2.05) is 23.9 Å². The van der Waals surface area contributed by atoms with Gasteiger partial charge in [-0.05, 0) is 43.7 Å². The third-order valence-electron chi connectivity index (χ3n) is 3.74. The topological polar surface area (TPSA) is 56.1 Å². The highest BCUT2D eigenvalue weighted by Gasteiger charge is 2.08. The van der Waals surface area contributed by atoms with E-state index in [2.05, 4.69) is 35.5 Å². The molecule has 1 N–H and O–H groups in total. The van der Waals surface area contributed by atoms with Crippen LogP contribution in [0.3, 0.4) is 0 Å².